The van der Waals surface area contributed by atoms with E-state index >= 15 is 0 Å². The summed E-state index contributed by atoms with van der Waals surface area (Å²) in [6.45, 7) is 10.6. The summed E-state index contributed by atoms with van der Waals surface area (Å²) in [6.07, 6.45) is 1.04. The van der Waals surface area contributed by atoms with Crippen LogP contribution >= 0.6 is 0 Å². The van der Waals surface area contributed by atoms with Gasteiger partial charge in [-0.05, 0) is 47.1 Å². The first kappa shape index (κ1) is 28.5. The molecule has 5 rings (SSSR count). The minimum atomic E-state index is -0.819. The zero-order valence-corrected chi connectivity index (χ0v) is 24.3. The molecule has 1 aromatic heterocycles. The van der Waals surface area contributed by atoms with E-state index in [-0.39, 0.29) is 49.1 Å². The smallest absolute Gasteiger partial charge is 0.255 e. The third-order valence-corrected chi connectivity index (χ3v) is 8.22. The van der Waals surface area contributed by atoms with Crippen LogP contribution in [0.5, 0.6) is 0 Å². The number of likely N-dealkylation sites (tertiary alicyclic amines) is 1. The predicted molar refractivity (Wildman–Crippen MR) is 154 cm³/mol. The fourth-order valence-corrected chi connectivity index (χ4v) is 6.09. The lowest BCUT2D eigenvalue weighted by Gasteiger charge is -2.35. The summed E-state index contributed by atoms with van der Waals surface area (Å²) < 4.78 is 5.23. The van der Waals surface area contributed by atoms with Crippen molar-refractivity contribution >= 4 is 17.7 Å². The number of carbonyl (C=O) groups excluding carboxylic acids is 3. The Bertz CT molecular complexity index is 1460. The monoisotopic (exact) mass is 558 g/mol. The molecule has 0 radical (unpaired) electrons. The Morgan fingerprint density at radius 1 is 1.12 bits per heavy atom. The Morgan fingerprint density at radius 2 is 1.88 bits per heavy atom. The number of amides is 3. The average molecular weight is 559 g/mol. The maximum absolute atomic E-state index is 14.0. The van der Waals surface area contributed by atoms with Crippen molar-refractivity contribution in [1.82, 2.24) is 20.3 Å². The molecule has 1 fully saturated rings. The number of hydrogen-bond acceptors (Lipinski definition) is 6. The predicted octanol–water partition coefficient (Wildman–Crippen LogP) is 4.03. The number of nitrogens with one attached hydrogen (secondary N) is 1. The number of aromatic nitrogens is 1. The van der Waals surface area contributed by atoms with Gasteiger partial charge in [0, 0.05) is 37.2 Å². The van der Waals surface area contributed by atoms with E-state index in [0.717, 1.165) is 33.6 Å². The summed E-state index contributed by atoms with van der Waals surface area (Å²) in [5.74, 6) is -0.0361. The van der Waals surface area contributed by atoms with Crippen LogP contribution in [0.2, 0.25) is 0 Å². The fraction of sp³-hybridized carbons (Fsp3) is 0.438. The van der Waals surface area contributed by atoms with Gasteiger partial charge in [-0.2, -0.15) is 0 Å². The third-order valence-electron chi connectivity index (χ3n) is 8.22. The first-order chi connectivity index (χ1) is 19.6. The second kappa shape index (κ2) is 11.5. The highest BCUT2D eigenvalue weighted by molar-refractivity contribution is 6.01. The van der Waals surface area contributed by atoms with Gasteiger partial charge < -0.3 is 24.7 Å². The van der Waals surface area contributed by atoms with Gasteiger partial charge in [-0.1, -0.05) is 69.2 Å². The molecule has 3 unspecified atom stereocenters. The van der Waals surface area contributed by atoms with Crippen LogP contribution in [0.15, 0.2) is 53.2 Å². The van der Waals surface area contributed by atoms with E-state index in [4.69, 9.17) is 4.52 Å². The van der Waals surface area contributed by atoms with Crippen LogP contribution in [0.1, 0.15) is 72.8 Å². The fourth-order valence-electron chi connectivity index (χ4n) is 6.09. The molecule has 3 atom stereocenters. The first-order valence-corrected chi connectivity index (χ1v) is 14.3. The molecule has 2 N–H and O–H groups in total. The third kappa shape index (κ3) is 5.51. The van der Waals surface area contributed by atoms with Gasteiger partial charge in [0.1, 0.15) is 17.8 Å². The molecule has 9 heteroatoms. The number of nitrogens with zero attached hydrogens (tertiary/aromatic N) is 3. The maximum Gasteiger partial charge on any atom is 0.255 e. The molecule has 0 bridgehead atoms. The summed E-state index contributed by atoms with van der Waals surface area (Å²) in [5.41, 5.74) is 5.48. The molecular formula is C32H38N4O5. The average Bonchev–Trinajstić information content (AvgIpc) is 3.64. The number of rotatable bonds is 8. The van der Waals surface area contributed by atoms with Crippen molar-refractivity contribution in [3.05, 3.63) is 76.7 Å². The molecule has 3 heterocycles. The molecule has 0 spiro atoms. The number of benzene rings is 2. The standard InChI is InChI=1S/C32H38N4O5/c1-18(2)26-12-21(27-15-34-41-20(27)5)10-11-22(26)14-33-30(38)28-13-24(37)17-35(28)32(40)29(19(3)4)36-16-23-8-6-7-9-25(23)31(36)39/h6-12,15,18-19,24,28-29,37H,13-14,16-17H2,1-5H3,(H,33,38). The summed E-state index contributed by atoms with van der Waals surface area (Å²) in [5, 5.41) is 17.4. The lowest BCUT2D eigenvalue weighted by molar-refractivity contribution is -0.143. The number of carbonyl (C=O) groups is 3. The van der Waals surface area contributed by atoms with E-state index in [1.807, 2.05) is 51.1 Å². The van der Waals surface area contributed by atoms with Crippen LogP contribution in [0.4, 0.5) is 0 Å². The van der Waals surface area contributed by atoms with Crippen molar-refractivity contribution in [2.75, 3.05) is 6.54 Å². The highest BCUT2D eigenvalue weighted by atomic mass is 16.5. The molecule has 2 aliphatic heterocycles. The zero-order chi connectivity index (χ0) is 29.4. The van der Waals surface area contributed by atoms with Crippen molar-refractivity contribution < 1.29 is 24.0 Å². The second-order valence-corrected chi connectivity index (χ2v) is 11.8. The van der Waals surface area contributed by atoms with Crippen LogP contribution in [0.25, 0.3) is 11.1 Å². The summed E-state index contributed by atoms with van der Waals surface area (Å²) >= 11 is 0. The van der Waals surface area contributed by atoms with Gasteiger partial charge in [0.15, 0.2) is 0 Å². The van der Waals surface area contributed by atoms with Gasteiger partial charge in [-0.3, -0.25) is 14.4 Å². The van der Waals surface area contributed by atoms with Crippen molar-refractivity contribution in [2.45, 2.75) is 78.2 Å². The molecule has 1 saturated heterocycles. The molecule has 3 amide bonds. The van der Waals surface area contributed by atoms with Crippen molar-refractivity contribution in [2.24, 2.45) is 5.92 Å². The number of β-amino-alcohol motifs (C(OH)–C–C–N with tert-alkyl or cyclic N) is 1. The van der Waals surface area contributed by atoms with Gasteiger partial charge in [-0.25, -0.2) is 0 Å². The van der Waals surface area contributed by atoms with Gasteiger partial charge in [0.2, 0.25) is 11.8 Å². The van der Waals surface area contributed by atoms with E-state index in [1.165, 1.54) is 4.90 Å². The van der Waals surface area contributed by atoms with Crippen molar-refractivity contribution in [1.29, 1.82) is 0 Å². The molecule has 2 aromatic carbocycles. The quantitative estimate of drug-likeness (QED) is 0.431. The van der Waals surface area contributed by atoms with E-state index in [1.54, 1.807) is 17.2 Å². The SMILES string of the molecule is Cc1oncc1-c1ccc(CNC(=O)C2CC(O)CN2C(=O)C(C(C)C)N2Cc3ccccc3C2=O)c(C(C)C)c1. The highest BCUT2D eigenvalue weighted by Gasteiger charge is 2.45. The van der Waals surface area contributed by atoms with Gasteiger partial charge in [0.25, 0.3) is 5.91 Å². The minimum absolute atomic E-state index is 0.0547. The van der Waals surface area contributed by atoms with Crippen molar-refractivity contribution in [3.63, 3.8) is 0 Å². The maximum atomic E-state index is 14.0. The van der Waals surface area contributed by atoms with Crippen LogP contribution in [0.3, 0.4) is 0 Å². The molecular weight excluding hydrogens is 520 g/mol. The Morgan fingerprint density at radius 3 is 2.54 bits per heavy atom. The highest BCUT2D eigenvalue weighted by Crippen LogP contribution is 2.31. The molecule has 0 saturated carbocycles. The largest absolute Gasteiger partial charge is 0.391 e. The van der Waals surface area contributed by atoms with Crippen LogP contribution in [0, 0.1) is 12.8 Å². The molecule has 0 aliphatic carbocycles. The Labute approximate surface area is 240 Å². The van der Waals surface area contributed by atoms with Gasteiger partial charge >= 0.3 is 0 Å². The Hall–Kier alpha value is -3.98. The van der Waals surface area contributed by atoms with E-state index in [2.05, 4.69) is 30.4 Å². The lowest BCUT2D eigenvalue weighted by Crippen LogP contribution is -2.55. The Balaban J connectivity index is 1.32. The number of fused-ring (bicyclic) bond motifs is 1. The molecule has 3 aromatic rings. The topological polar surface area (TPSA) is 116 Å². The van der Waals surface area contributed by atoms with Gasteiger partial charge in [-0.15, -0.1) is 0 Å². The lowest BCUT2D eigenvalue weighted by atomic mass is 9.93. The molecule has 41 heavy (non-hydrogen) atoms. The van der Waals surface area contributed by atoms with E-state index in [0.29, 0.717) is 12.1 Å². The normalized spacial score (nSPS) is 19.3. The van der Waals surface area contributed by atoms with Crippen LogP contribution in [-0.4, -0.2) is 62.5 Å². The molecule has 9 nitrogen and oxygen atoms in total. The molecule has 2 aliphatic rings. The minimum Gasteiger partial charge on any atom is -0.391 e. The van der Waals surface area contributed by atoms with E-state index in [9.17, 15) is 19.5 Å². The van der Waals surface area contributed by atoms with Crippen LogP contribution in [-0.2, 0) is 22.7 Å². The summed E-state index contributed by atoms with van der Waals surface area (Å²) in [4.78, 5) is 43.7. The number of aryl methyl sites for hydroxylation is 1. The number of aliphatic hydroxyl groups excluding tert-OH is 1. The summed E-state index contributed by atoms with van der Waals surface area (Å²) in [7, 11) is 0. The number of aliphatic hydroxyl groups is 1. The van der Waals surface area contributed by atoms with Gasteiger partial charge in [0.05, 0.1) is 12.3 Å². The summed E-state index contributed by atoms with van der Waals surface area (Å²) in [6, 6.07) is 11.9. The number of hydrogen-bond donors (Lipinski definition) is 2. The first-order valence-electron chi connectivity index (χ1n) is 14.3. The molecule has 216 valence electrons. The second-order valence-electron chi connectivity index (χ2n) is 11.8. The zero-order valence-electron chi connectivity index (χ0n) is 24.3. The van der Waals surface area contributed by atoms with E-state index < -0.39 is 18.2 Å². The van der Waals surface area contributed by atoms with Crippen LogP contribution < -0.4 is 5.32 Å². The Kier molecular flexibility index (Phi) is 8.00. The van der Waals surface area contributed by atoms with Crippen molar-refractivity contribution in [3.8, 4) is 11.1 Å².